The Morgan fingerprint density at radius 3 is 2.38 bits per heavy atom. The molecule has 0 bridgehead atoms. The van der Waals surface area contributed by atoms with Crippen LogP contribution in [0.25, 0.3) is 5.69 Å². The molecule has 8 nitrogen and oxygen atoms in total. The van der Waals surface area contributed by atoms with E-state index in [0.717, 1.165) is 16.8 Å². The maximum atomic E-state index is 12.9. The molecule has 0 amide bonds. The molecule has 1 aromatic carbocycles. The van der Waals surface area contributed by atoms with Gasteiger partial charge in [-0.25, -0.2) is 4.68 Å². The summed E-state index contributed by atoms with van der Waals surface area (Å²) in [5, 5.41) is 16.4. The molecule has 1 aliphatic rings. The number of hydrogen-bond acceptors (Lipinski definition) is 4. The second-order valence-corrected chi connectivity index (χ2v) is 7.90. The van der Waals surface area contributed by atoms with Gasteiger partial charge in [0.25, 0.3) is 5.56 Å². The zero-order valence-electron chi connectivity index (χ0n) is 17.4. The van der Waals surface area contributed by atoms with Crippen molar-refractivity contribution in [3.8, 4) is 5.69 Å². The highest BCUT2D eigenvalue weighted by molar-refractivity contribution is 7.80. The number of carboxylic acid groups (broad SMARTS) is 1. The molecular formula is C20H22F3N5O3S. The normalized spacial score (nSPS) is 15.7. The van der Waals surface area contributed by atoms with Crippen LogP contribution in [0.15, 0.2) is 34.2 Å². The predicted molar refractivity (Wildman–Crippen MR) is 116 cm³/mol. The van der Waals surface area contributed by atoms with Gasteiger partial charge in [-0.2, -0.15) is 18.3 Å². The summed E-state index contributed by atoms with van der Waals surface area (Å²) in [4.78, 5) is 25.7. The molecule has 0 atom stereocenters. The van der Waals surface area contributed by atoms with Crippen LogP contribution in [0.5, 0.6) is 0 Å². The van der Waals surface area contributed by atoms with Gasteiger partial charge in [0, 0.05) is 18.8 Å². The summed E-state index contributed by atoms with van der Waals surface area (Å²) in [5.74, 6) is -1.20. The zero-order valence-corrected chi connectivity index (χ0v) is 18.2. The van der Waals surface area contributed by atoms with Crippen LogP contribution in [0, 0.1) is 12.8 Å². The minimum atomic E-state index is -4.46. The van der Waals surface area contributed by atoms with Gasteiger partial charge in [-0.15, -0.1) is 0 Å². The van der Waals surface area contributed by atoms with Crippen molar-refractivity contribution in [3.05, 3.63) is 51.4 Å². The van der Waals surface area contributed by atoms with Crippen LogP contribution in [-0.4, -0.2) is 49.7 Å². The Morgan fingerprint density at radius 1 is 1.25 bits per heavy atom. The van der Waals surface area contributed by atoms with Crippen molar-refractivity contribution in [2.24, 2.45) is 11.0 Å². The molecule has 0 saturated carbocycles. The number of carbonyl (C=O) groups is 1. The van der Waals surface area contributed by atoms with Gasteiger partial charge in [-0.1, -0.05) is 0 Å². The number of nitrogens with one attached hydrogen (secondary N) is 2. The SMILES string of the molecule is C/C(=N\NC(=S)N1CCC(C(=O)O)CC1)c1c(C)[nH]n(-c2ccc(C(F)(F)F)cc2)c1=O. The molecule has 1 aliphatic heterocycles. The molecule has 3 N–H and O–H groups in total. The van der Waals surface area contributed by atoms with E-state index in [2.05, 4.69) is 15.6 Å². The standard InChI is InChI=1S/C20H22F3N5O3S/c1-11(24-25-19(32)27-9-7-13(8-10-27)18(30)31)16-12(2)26-28(17(16)29)15-5-3-14(4-6-15)20(21,22)23/h3-6,13,26H,7-10H2,1-2H3,(H,25,32)(H,30,31)/b24-11+. The van der Waals surface area contributed by atoms with Crippen molar-refractivity contribution in [2.45, 2.75) is 32.9 Å². The van der Waals surface area contributed by atoms with Crippen molar-refractivity contribution in [2.75, 3.05) is 13.1 Å². The van der Waals surface area contributed by atoms with Gasteiger partial charge in [0.2, 0.25) is 0 Å². The number of rotatable bonds is 4. The Kier molecular flexibility index (Phi) is 6.72. The van der Waals surface area contributed by atoms with Crippen LogP contribution in [0.3, 0.4) is 0 Å². The summed E-state index contributed by atoms with van der Waals surface area (Å²) >= 11 is 5.31. The third-order valence-electron chi connectivity index (χ3n) is 5.34. The lowest BCUT2D eigenvalue weighted by Gasteiger charge is -2.31. The molecular weight excluding hydrogens is 447 g/mol. The largest absolute Gasteiger partial charge is 0.481 e. The molecule has 0 radical (unpaired) electrons. The van der Waals surface area contributed by atoms with Crippen molar-refractivity contribution < 1.29 is 23.1 Å². The van der Waals surface area contributed by atoms with E-state index in [1.807, 2.05) is 4.90 Å². The summed E-state index contributed by atoms with van der Waals surface area (Å²) in [6.45, 7) is 4.24. The fourth-order valence-electron chi connectivity index (χ4n) is 3.54. The van der Waals surface area contributed by atoms with Gasteiger partial charge in [0.05, 0.1) is 28.4 Å². The molecule has 172 valence electrons. The van der Waals surface area contributed by atoms with Gasteiger partial charge in [0.15, 0.2) is 5.11 Å². The first-order valence-electron chi connectivity index (χ1n) is 9.80. The van der Waals surface area contributed by atoms with Crippen LogP contribution in [0.1, 0.15) is 36.6 Å². The minimum absolute atomic E-state index is 0.259. The highest BCUT2D eigenvalue weighted by Crippen LogP contribution is 2.29. The summed E-state index contributed by atoms with van der Waals surface area (Å²) in [5.41, 5.74) is 2.83. The lowest BCUT2D eigenvalue weighted by atomic mass is 9.97. The topological polar surface area (TPSA) is 103 Å². The van der Waals surface area contributed by atoms with Crippen molar-refractivity contribution in [3.63, 3.8) is 0 Å². The third kappa shape index (κ3) is 5.01. The van der Waals surface area contributed by atoms with Crippen LogP contribution in [0.2, 0.25) is 0 Å². The number of thiocarbonyl (C=S) groups is 1. The molecule has 0 unspecified atom stereocenters. The molecule has 2 aromatic rings. The van der Waals surface area contributed by atoms with Crippen LogP contribution < -0.4 is 11.0 Å². The first-order chi connectivity index (χ1) is 15.0. The van der Waals surface area contributed by atoms with Crippen molar-refractivity contribution in [1.82, 2.24) is 20.1 Å². The lowest BCUT2D eigenvalue weighted by Crippen LogP contribution is -2.44. The van der Waals surface area contributed by atoms with Crippen LogP contribution in [0.4, 0.5) is 13.2 Å². The summed E-state index contributed by atoms with van der Waals surface area (Å²) in [7, 11) is 0. The van der Waals surface area contributed by atoms with Crippen LogP contribution >= 0.6 is 12.2 Å². The van der Waals surface area contributed by atoms with E-state index < -0.39 is 23.3 Å². The number of aryl methyl sites for hydroxylation is 1. The molecule has 0 spiro atoms. The Morgan fingerprint density at radius 2 is 1.84 bits per heavy atom. The molecule has 1 aromatic heterocycles. The fraction of sp³-hybridized carbons (Fsp3) is 0.400. The Hall–Kier alpha value is -3.15. The van der Waals surface area contributed by atoms with E-state index in [-0.39, 0.29) is 17.2 Å². The van der Waals surface area contributed by atoms with Crippen molar-refractivity contribution >= 4 is 29.0 Å². The number of aromatic nitrogens is 2. The third-order valence-corrected chi connectivity index (χ3v) is 5.69. The van der Waals surface area contributed by atoms with E-state index in [0.29, 0.717) is 42.4 Å². The van der Waals surface area contributed by atoms with Gasteiger partial charge >= 0.3 is 12.1 Å². The number of carboxylic acids is 1. The number of halogens is 3. The van der Waals surface area contributed by atoms with E-state index in [1.165, 1.54) is 12.1 Å². The summed E-state index contributed by atoms with van der Waals surface area (Å²) in [6, 6.07) is 4.24. The Balaban J connectivity index is 1.74. The first kappa shape index (κ1) is 23.5. The van der Waals surface area contributed by atoms with E-state index in [9.17, 15) is 22.8 Å². The molecule has 3 rings (SSSR count). The quantitative estimate of drug-likeness (QED) is 0.362. The number of aromatic amines is 1. The average molecular weight is 469 g/mol. The molecule has 12 heteroatoms. The predicted octanol–water partition coefficient (Wildman–Crippen LogP) is 2.89. The molecule has 1 fully saturated rings. The lowest BCUT2D eigenvalue weighted by molar-refractivity contribution is -0.143. The first-order valence-corrected chi connectivity index (χ1v) is 10.2. The number of hydrazone groups is 1. The number of likely N-dealkylation sites (tertiary alicyclic amines) is 1. The highest BCUT2D eigenvalue weighted by Gasteiger charge is 2.30. The van der Waals surface area contributed by atoms with Crippen LogP contribution in [-0.2, 0) is 11.0 Å². The zero-order chi connectivity index (χ0) is 23.6. The maximum absolute atomic E-state index is 12.9. The van der Waals surface area contributed by atoms with Gasteiger partial charge < -0.3 is 10.0 Å². The maximum Gasteiger partial charge on any atom is 0.416 e. The number of piperidine rings is 1. The second-order valence-electron chi connectivity index (χ2n) is 7.51. The van der Waals surface area contributed by atoms with Gasteiger partial charge in [-0.3, -0.25) is 20.1 Å². The van der Waals surface area contributed by atoms with E-state index >= 15 is 0 Å². The number of H-pyrrole nitrogens is 1. The summed E-state index contributed by atoms with van der Waals surface area (Å²) < 4.78 is 39.5. The van der Waals surface area contributed by atoms with Gasteiger partial charge in [0.1, 0.15) is 0 Å². The number of alkyl halides is 3. The van der Waals surface area contributed by atoms with Crippen molar-refractivity contribution in [1.29, 1.82) is 0 Å². The smallest absolute Gasteiger partial charge is 0.416 e. The highest BCUT2D eigenvalue weighted by atomic mass is 32.1. The number of benzene rings is 1. The number of hydrogen-bond donors (Lipinski definition) is 3. The molecule has 1 saturated heterocycles. The Bertz CT molecular complexity index is 1100. The monoisotopic (exact) mass is 469 g/mol. The average Bonchev–Trinajstić information content (AvgIpc) is 3.05. The molecule has 32 heavy (non-hydrogen) atoms. The fourth-order valence-corrected chi connectivity index (χ4v) is 3.77. The molecule has 0 aliphatic carbocycles. The van der Waals surface area contributed by atoms with Gasteiger partial charge in [-0.05, 0) is 63.2 Å². The van der Waals surface area contributed by atoms with E-state index in [1.54, 1.807) is 13.8 Å². The summed E-state index contributed by atoms with van der Waals surface area (Å²) in [6.07, 6.45) is -3.50. The number of aliphatic carboxylic acids is 1. The number of nitrogens with zero attached hydrogens (tertiary/aromatic N) is 3. The molecule has 2 heterocycles. The minimum Gasteiger partial charge on any atom is -0.481 e. The second kappa shape index (κ2) is 9.15. The van der Waals surface area contributed by atoms with E-state index in [4.69, 9.17) is 17.3 Å². The Labute approximate surface area is 186 Å².